The first-order valence-corrected chi connectivity index (χ1v) is 11.2. The van der Waals surface area contributed by atoms with E-state index in [0.29, 0.717) is 32.5 Å². The van der Waals surface area contributed by atoms with Crippen LogP contribution in [0.4, 0.5) is 4.39 Å². The van der Waals surface area contributed by atoms with Crippen LogP contribution in [0.25, 0.3) is 0 Å². The quantitative estimate of drug-likeness (QED) is 0.560. The van der Waals surface area contributed by atoms with E-state index >= 15 is 0 Å². The molecule has 0 radical (unpaired) electrons. The molecule has 1 atom stereocenters. The lowest BCUT2D eigenvalue weighted by Gasteiger charge is -2.35. The fraction of sp³-hybridized carbons (Fsp3) is 0.259. The Morgan fingerprint density at radius 1 is 0.848 bits per heavy atom. The van der Waals surface area contributed by atoms with Gasteiger partial charge in [0.2, 0.25) is 11.8 Å². The standard InChI is InChI=1S/C27H28FN3O2/c28-24-12-10-20(11-13-24)14-15-29-27(33)25-16-22-8-4-5-9-23(22)18-31(25)19-26(32)30-17-21-6-2-1-3-7-21/h1-13,25H,14-19H2,(H,29,33)(H,30,32). The molecule has 6 heteroatoms. The highest BCUT2D eigenvalue weighted by Gasteiger charge is 2.32. The van der Waals surface area contributed by atoms with Gasteiger partial charge >= 0.3 is 0 Å². The summed E-state index contributed by atoms with van der Waals surface area (Å²) in [4.78, 5) is 27.7. The molecule has 0 saturated heterocycles. The number of nitrogens with one attached hydrogen (secondary N) is 2. The molecule has 0 fully saturated rings. The van der Waals surface area contributed by atoms with Crippen LogP contribution in [0.5, 0.6) is 0 Å². The summed E-state index contributed by atoms with van der Waals surface area (Å²) in [5.41, 5.74) is 4.27. The normalized spacial score (nSPS) is 15.5. The van der Waals surface area contributed by atoms with Crippen LogP contribution < -0.4 is 10.6 Å². The van der Waals surface area contributed by atoms with E-state index in [-0.39, 0.29) is 24.2 Å². The van der Waals surface area contributed by atoms with Gasteiger partial charge in [-0.15, -0.1) is 0 Å². The highest BCUT2D eigenvalue weighted by Crippen LogP contribution is 2.23. The van der Waals surface area contributed by atoms with Crippen LogP contribution in [0.3, 0.4) is 0 Å². The van der Waals surface area contributed by atoms with Gasteiger partial charge in [0, 0.05) is 19.6 Å². The average Bonchev–Trinajstić information content (AvgIpc) is 2.84. The van der Waals surface area contributed by atoms with E-state index in [1.807, 2.05) is 59.5 Å². The lowest BCUT2D eigenvalue weighted by Crippen LogP contribution is -2.53. The highest BCUT2D eigenvalue weighted by atomic mass is 19.1. The van der Waals surface area contributed by atoms with Gasteiger partial charge in [-0.1, -0.05) is 66.7 Å². The van der Waals surface area contributed by atoms with Crippen molar-refractivity contribution in [2.24, 2.45) is 0 Å². The van der Waals surface area contributed by atoms with Crippen molar-refractivity contribution in [1.82, 2.24) is 15.5 Å². The summed E-state index contributed by atoms with van der Waals surface area (Å²) in [7, 11) is 0. The number of benzene rings is 3. The van der Waals surface area contributed by atoms with E-state index in [0.717, 1.165) is 22.3 Å². The summed E-state index contributed by atoms with van der Waals surface area (Å²) in [5.74, 6) is -0.477. The first-order chi connectivity index (χ1) is 16.1. The van der Waals surface area contributed by atoms with E-state index in [1.165, 1.54) is 12.1 Å². The van der Waals surface area contributed by atoms with Gasteiger partial charge in [-0.3, -0.25) is 14.5 Å². The molecule has 3 aromatic rings. The average molecular weight is 446 g/mol. The molecule has 2 amide bonds. The molecule has 5 nitrogen and oxygen atoms in total. The van der Waals surface area contributed by atoms with E-state index in [1.54, 1.807) is 12.1 Å². The van der Waals surface area contributed by atoms with Gasteiger partial charge < -0.3 is 10.6 Å². The maximum absolute atomic E-state index is 13.1. The minimum atomic E-state index is -0.421. The van der Waals surface area contributed by atoms with E-state index in [9.17, 15) is 14.0 Å². The Hall–Kier alpha value is -3.51. The van der Waals surface area contributed by atoms with Crippen molar-refractivity contribution >= 4 is 11.8 Å². The number of fused-ring (bicyclic) bond motifs is 1. The van der Waals surface area contributed by atoms with Crippen molar-refractivity contribution in [2.45, 2.75) is 32.0 Å². The fourth-order valence-corrected chi connectivity index (χ4v) is 4.14. The topological polar surface area (TPSA) is 61.4 Å². The van der Waals surface area contributed by atoms with Gasteiger partial charge in [0.05, 0.1) is 12.6 Å². The molecule has 0 bridgehead atoms. The zero-order chi connectivity index (χ0) is 23.0. The Morgan fingerprint density at radius 2 is 1.55 bits per heavy atom. The van der Waals surface area contributed by atoms with Crippen LogP contribution in [-0.2, 0) is 35.5 Å². The van der Waals surface area contributed by atoms with Crippen LogP contribution >= 0.6 is 0 Å². The molecule has 1 aliphatic rings. The van der Waals surface area contributed by atoms with Crippen molar-refractivity contribution < 1.29 is 14.0 Å². The number of amides is 2. The Morgan fingerprint density at radius 3 is 2.30 bits per heavy atom. The molecule has 0 spiro atoms. The van der Waals surface area contributed by atoms with Crippen LogP contribution in [-0.4, -0.2) is 35.8 Å². The predicted molar refractivity (Wildman–Crippen MR) is 126 cm³/mol. The molecule has 0 aliphatic carbocycles. The SMILES string of the molecule is O=C(CN1Cc2ccccc2CC1C(=O)NCCc1ccc(F)cc1)NCc1ccccc1. The number of halogens is 1. The van der Waals surface area contributed by atoms with Crippen molar-refractivity contribution in [2.75, 3.05) is 13.1 Å². The van der Waals surface area contributed by atoms with Crippen LogP contribution in [0.1, 0.15) is 22.3 Å². The highest BCUT2D eigenvalue weighted by molar-refractivity contribution is 5.84. The van der Waals surface area contributed by atoms with Crippen molar-refractivity contribution in [3.63, 3.8) is 0 Å². The Kier molecular flexibility index (Phi) is 7.47. The molecule has 0 aromatic heterocycles. The largest absolute Gasteiger partial charge is 0.354 e. The summed E-state index contributed by atoms with van der Waals surface area (Å²) < 4.78 is 13.1. The van der Waals surface area contributed by atoms with Gasteiger partial charge in [-0.2, -0.15) is 0 Å². The minimum Gasteiger partial charge on any atom is -0.354 e. The third kappa shape index (κ3) is 6.26. The third-order valence-corrected chi connectivity index (χ3v) is 5.95. The van der Waals surface area contributed by atoms with Gasteiger partial charge in [-0.05, 0) is 47.2 Å². The maximum atomic E-state index is 13.1. The fourth-order valence-electron chi connectivity index (χ4n) is 4.14. The molecule has 3 aromatic carbocycles. The van der Waals surface area contributed by atoms with Gasteiger partial charge in [0.1, 0.15) is 5.82 Å². The lowest BCUT2D eigenvalue weighted by atomic mass is 9.93. The molecular weight excluding hydrogens is 417 g/mol. The zero-order valence-corrected chi connectivity index (χ0v) is 18.5. The molecule has 4 rings (SSSR count). The first kappa shape index (κ1) is 22.7. The summed E-state index contributed by atoms with van der Waals surface area (Å²) in [6.45, 7) is 1.61. The smallest absolute Gasteiger partial charge is 0.237 e. The zero-order valence-electron chi connectivity index (χ0n) is 18.5. The summed E-state index contributed by atoms with van der Waals surface area (Å²) in [6.07, 6.45) is 1.18. The number of nitrogens with zero attached hydrogens (tertiary/aromatic N) is 1. The second kappa shape index (κ2) is 10.9. The molecular formula is C27H28FN3O2. The Bertz CT molecular complexity index is 1090. The molecule has 1 heterocycles. The molecule has 0 saturated carbocycles. The second-order valence-electron chi connectivity index (χ2n) is 8.32. The number of carbonyl (C=O) groups is 2. The van der Waals surface area contributed by atoms with Crippen LogP contribution in [0.2, 0.25) is 0 Å². The summed E-state index contributed by atoms with van der Waals surface area (Å²) in [6, 6.07) is 23.7. The number of carbonyl (C=O) groups excluding carboxylic acids is 2. The van der Waals surface area contributed by atoms with Crippen molar-refractivity contribution in [3.8, 4) is 0 Å². The van der Waals surface area contributed by atoms with Crippen LogP contribution in [0, 0.1) is 5.82 Å². The van der Waals surface area contributed by atoms with E-state index in [2.05, 4.69) is 10.6 Å². The Balaban J connectivity index is 1.37. The van der Waals surface area contributed by atoms with Crippen molar-refractivity contribution in [3.05, 3.63) is 107 Å². The van der Waals surface area contributed by atoms with Gasteiger partial charge in [-0.25, -0.2) is 4.39 Å². The van der Waals surface area contributed by atoms with Crippen LogP contribution in [0.15, 0.2) is 78.9 Å². The molecule has 170 valence electrons. The maximum Gasteiger partial charge on any atom is 0.237 e. The summed E-state index contributed by atoms with van der Waals surface area (Å²) in [5, 5.41) is 5.96. The lowest BCUT2D eigenvalue weighted by molar-refractivity contribution is -0.129. The van der Waals surface area contributed by atoms with E-state index in [4.69, 9.17) is 0 Å². The minimum absolute atomic E-state index is 0.0949. The number of hydrogen-bond acceptors (Lipinski definition) is 3. The second-order valence-corrected chi connectivity index (χ2v) is 8.32. The molecule has 2 N–H and O–H groups in total. The van der Waals surface area contributed by atoms with E-state index < -0.39 is 6.04 Å². The predicted octanol–water partition coefficient (Wildman–Crippen LogP) is 3.23. The number of rotatable bonds is 8. The molecule has 1 aliphatic heterocycles. The van der Waals surface area contributed by atoms with Crippen molar-refractivity contribution in [1.29, 1.82) is 0 Å². The van der Waals surface area contributed by atoms with Gasteiger partial charge in [0.25, 0.3) is 0 Å². The Labute approximate surface area is 193 Å². The third-order valence-electron chi connectivity index (χ3n) is 5.95. The molecule has 1 unspecified atom stereocenters. The summed E-state index contributed by atoms with van der Waals surface area (Å²) >= 11 is 0. The first-order valence-electron chi connectivity index (χ1n) is 11.2. The number of hydrogen-bond donors (Lipinski definition) is 2. The van der Waals surface area contributed by atoms with Gasteiger partial charge in [0.15, 0.2) is 0 Å². The molecule has 33 heavy (non-hydrogen) atoms. The monoisotopic (exact) mass is 445 g/mol.